The zero-order valence-electron chi connectivity index (χ0n) is 8.41. The third kappa shape index (κ3) is 2.07. The number of nitrogens with zero attached hydrogens (tertiary/aromatic N) is 2. The van der Waals surface area contributed by atoms with Gasteiger partial charge in [0.15, 0.2) is 4.34 Å². The van der Waals surface area contributed by atoms with Crippen LogP contribution in [0.25, 0.3) is 5.69 Å². The van der Waals surface area contributed by atoms with Gasteiger partial charge in [-0.05, 0) is 18.4 Å². The molecule has 0 atom stereocenters. The summed E-state index contributed by atoms with van der Waals surface area (Å²) >= 11 is 2.22. The summed E-state index contributed by atoms with van der Waals surface area (Å²) < 4.78 is 1.22. The van der Waals surface area contributed by atoms with Crippen molar-refractivity contribution in [2.45, 2.75) is 4.34 Å². The maximum atomic E-state index is 11.6. The third-order valence-corrected chi connectivity index (χ3v) is 3.70. The lowest BCUT2D eigenvalue weighted by molar-refractivity contribution is 0.773. The molecule has 16 heavy (non-hydrogen) atoms. The van der Waals surface area contributed by atoms with Crippen molar-refractivity contribution in [2.24, 2.45) is 0 Å². The van der Waals surface area contributed by atoms with Gasteiger partial charge in [0.25, 0.3) is 0 Å². The summed E-state index contributed by atoms with van der Waals surface area (Å²) in [7, 11) is 0. The van der Waals surface area contributed by atoms with Crippen LogP contribution in [-0.2, 0) is 0 Å². The number of benzene rings is 1. The van der Waals surface area contributed by atoms with E-state index in [4.69, 9.17) is 0 Å². The first-order chi connectivity index (χ1) is 7.72. The van der Waals surface area contributed by atoms with E-state index in [9.17, 15) is 9.59 Å². The van der Waals surface area contributed by atoms with Crippen LogP contribution in [0.1, 0.15) is 0 Å². The molecule has 2 rings (SSSR count). The summed E-state index contributed by atoms with van der Waals surface area (Å²) in [5.41, 5.74) is 0.00157. The highest BCUT2D eigenvalue weighted by Crippen LogP contribution is 2.12. The molecule has 0 aliphatic heterocycles. The Balaban J connectivity index is 2.70. The van der Waals surface area contributed by atoms with Gasteiger partial charge < -0.3 is 0 Å². The molecule has 1 aromatic carbocycles. The minimum Gasteiger partial charge on any atom is -0.271 e. The molecule has 0 aliphatic carbocycles. The second kappa shape index (κ2) is 4.63. The molecular weight excluding hydrogens is 244 g/mol. The highest BCUT2D eigenvalue weighted by atomic mass is 32.2. The summed E-state index contributed by atoms with van der Waals surface area (Å²) in [6.45, 7) is 0. The second-order valence-corrected chi connectivity index (χ2v) is 4.93. The third-order valence-electron chi connectivity index (χ3n) is 1.90. The van der Waals surface area contributed by atoms with Crippen LogP contribution in [0.3, 0.4) is 0 Å². The van der Waals surface area contributed by atoms with Gasteiger partial charge in [0.1, 0.15) is 0 Å². The molecule has 0 amide bonds. The molecule has 1 heterocycles. The Bertz CT molecular complexity index is 604. The van der Waals surface area contributed by atoms with Crippen LogP contribution < -0.4 is 10.3 Å². The molecule has 0 spiro atoms. The zero-order chi connectivity index (χ0) is 11.5. The monoisotopic (exact) mass is 252 g/mol. The average molecular weight is 252 g/mol. The molecule has 0 N–H and O–H groups in total. The Labute approximate surface area is 99.6 Å². The Morgan fingerprint density at radius 3 is 2.56 bits per heavy atom. The number of para-hydroxylation sites is 1. The second-order valence-electron chi connectivity index (χ2n) is 2.91. The average Bonchev–Trinajstić information content (AvgIpc) is 2.33. The highest BCUT2D eigenvalue weighted by Gasteiger charge is 2.07. The zero-order valence-corrected chi connectivity index (χ0v) is 10.0. The number of hydrogen-bond donors (Lipinski definition) is 0. The van der Waals surface area contributed by atoms with Crippen molar-refractivity contribution in [3.63, 3.8) is 0 Å². The minimum absolute atomic E-state index is 0.497. The van der Waals surface area contributed by atoms with E-state index >= 15 is 0 Å². The molecule has 0 fully saturated rings. The quantitative estimate of drug-likeness (QED) is 0.598. The van der Waals surface area contributed by atoms with Gasteiger partial charge in [0.2, 0.25) is 0 Å². The first-order valence-corrected chi connectivity index (χ1v) is 6.50. The number of aromatic nitrogens is 2. The molecule has 0 saturated heterocycles. The predicted octanol–water partition coefficient (Wildman–Crippen LogP) is 1.38. The molecule has 0 unspecified atom stereocenters. The van der Waals surface area contributed by atoms with Gasteiger partial charge in [-0.25, -0.2) is 0 Å². The van der Waals surface area contributed by atoms with Gasteiger partial charge >= 0.3 is 10.3 Å². The molecule has 82 valence electrons. The van der Waals surface area contributed by atoms with E-state index in [1.165, 1.54) is 11.8 Å². The van der Waals surface area contributed by atoms with Crippen LogP contribution in [-0.4, -0.2) is 16.0 Å². The fourth-order valence-corrected chi connectivity index (χ4v) is 2.36. The van der Waals surface area contributed by atoms with Gasteiger partial charge in [0, 0.05) is 0 Å². The van der Waals surface area contributed by atoms with Crippen LogP contribution in [0.15, 0.2) is 44.3 Å². The Kier molecular flexibility index (Phi) is 3.21. The Morgan fingerprint density at radius 1 is 1.25 bits per heavy atom. The molecule has 0 aliphatic rings. The van der Waals surface area contributed by atoms with E-state index in [0.717, 1.165) is 16.0 Å². The topological polar surface area (TPSA) is 52.0 Å². The molecule has 4 nitrogen and oxygen atoms in total. The van der Waals surface area contributed by atoms with Gasteiger partial charge in [-0.3, -0.25) is 9.59 Å². The van der Waals surface area contributed by atoms with Crippen molar-refractivity contribution < 1.29 is 0 Å². The SMILES string of the molecule is CSc1nn(-c2ccccc2)c(=O)c(=O)s1. The van der Waals surface area contributed by atoms with Crippen molar-refractivity contribution in [2.75, 3.05) is 6.26 Å². The lowest BCUT2D eigenvalue weighted by atomic mass is 10.3. The van der Waals surface area contributed by atoms with E-state index in [1.54, 1.807) is 24.3 Å². The highest BCUT2D eigenvalue weighted by molar-refractivity contribution is 8.00. The van der Waals surface area contributed by atoms with Gasteiger partial charge in [-0.2, -0.15) is 4.68 Å². The van der Waals surface area contributed by atoms with Crippen LogP contribution >= 0.6 is 23.1 Å². The predicted molar refractivity (Wildman–Crippen MR) is 65.8 cm³/mol. The largest absolute Gasteiger partial charge is 0.330 e. The molecule has 0 bridgehead atoms. The van der Waals surface area contributed by atoms with E-state index in [1.807, 2.05) is 12.3 Å². The van der Waals surface area contributed by atoms with E-state index < -0.39 is 10.3 Å². The summed E-state index contributed by atoms with van der Waals surface area (Å²) in [5, 5.41) is 4.11. The van der Waals surface area contributed by atoms with Gasteiger partial charge in [-0.15, -0.1) is 5.10 Å². The fraction of sp³-hybridized carbons (Fsp3) is 0.100. The van der Waals surface area contributed by atoms with Crippen LogP contribution in [0, 0.1) is 0 Å². The fourth-order valence-electron chi connectivity index (χ4n) is 1.18. The molecule has 0 saturated carbocycles. The smallest absolute Gasteiger partial charge is 0.271 e. The molecule has 1 aromatic heterocycles. The van der Waals surface area contributed by atoms with Crippen molar-refractivity contribution in [1.82, 2.24) is 9.78 Å². The summed E-state index contributed by atoms with van der Waals surface area (Å²) in [4.78, 5) is 23.1. The van der Waals surface area contributed by atoms with Gasteiger partial charge in [-0.1, -0.05) is 41.3 Å². The van der Waals surface area contributed by atoms with Gasteiger partial charge in [0.05, 0.1) is 5.69 Å². The standard InChI is InChI=1S/C10H8N2O2S2/c1-15-10-11-12(8(13)9(14)16-10)7-5-3-2-4-6-7/h2-6H,1H3. The van der Waals surface area contributed by atoms with Crippen molar-refractivity contribution in [3.8, 4) is 5.69 Å². The lowest BCUT2D eigenvalue weighted by Gasteiger charge is -2.03. The number of rotatable bonds is 2. The minimum atomic E-state index is -0.603. The van der Waals surface area contributed by atoms with E-state index in [-0.39, 0.29) is 0 Å². The van der Waals surface area contributed by atoms with Crippen molar-refractivity contribution in [3.05, 3.63) is 50.2 Å². The summed E-state index contributed by atoms with van der Waals surface area (Å²) in [5.74, 6) is 0. The Morgan fingerprint density at radius 2 is 1.94 bits per heavy atom. The maximum Gasteiger partial charge on any atom is 0.330 e. The van der Waals surface area contributed by atoms with Crippen molar-refractivity contribution >= 4 is 23.1 Å². The van der Waals surface area contributed by atoms with Crippen molar-refractivity contribution in [1.29, 1.82) is 0 Å². The van der Waals surface area contributed by atoms with Crippen LogP contribution in [0.4, 0.5) is 0 Å². The molecule has 2 aromatic rings. The molecule has 6 heteroatoms. The molecular formula is C10H8N2O2S2. The Hall–Kier alpha value is -1.40. The first-order valence-electron chi connectivity index (χ1n) is 4.46. The number of thioether (sulfide) groups is 1. The maximum absolute atomic E-state index is 11.6. The van der Waals surface area contributed by atoms with Crippen LogP contribution in [0.5, 0.6) is 0 Å². The van der Waals surface area contributed by atoms with E-state index in [2.05, 4.69) is 5.10 Å². The summed E-state index contributed by atoms with van der Waals surface area (Å²) in [6, 6.07) is 8.91. The van der Waals surface area contributed by atoms with E-state index in [0.29, 0.717) is 10.0 Å². The lowest BCUT2D eigenvalue weighted by Crippen LogP contribution is -2.32. The first kappa shape index (κ1) is 11.1. The van der Waals surface area contributed by atoms with Crippen LogP contribution in [0.2, 0.25) is 0 Å². The molecule has 0 radical (unpaired) electrons. The number of hydrogen-bond acceptors (Lipinski definition) is 5. The summed E-state index contributed by atoms with van der Waals surface area (Å²) in [6.07, 6.45) is 1.82. The normalized spacial score (nSPS) is 10.3.